The summed E-state index contributed by atoms with van der Waals surface area (Å²) in [7, 11) is 2.07. The Balaban J connectivity index is 2.27. The van der Waals surface area contributed by atoms with Crippen molar-refractivity contribution in [2.45, 2.75) is 19.4 Å². The van der Waals surface area contributed by atoms with E-state index in [0.717, 1.165) is 22.8 Å². The number of nitrogens with one attached hydrogen (secondary N) is 1. The van der Waals surface area contributed by atoms with Crippen molar-refractivity contribution in [2.24, 2.45) is 5.73 Å². The van der Waals surface area contributed by atoms with Crippen LogP contribution in [0.25, 0.3) is 0 Å². The van der Waals surface area contributed by atoms with Gasteiger partial charge in [-0.2, -0.15) is 11.8 Å². The van der Waals surface area contributed by atoms with Crippen LogP contribution in [0, 0.1) is 12.3 Å². The summed E-state index contributed by atoms with van der Waals surface area (Å²) < 4.78 is 0. The Morgan fingerprint density at radius 3 is 2.94 bits per heavy atom. The van der Waals surface area contributed by atoms with Crippen LogP contribution in [0.1, 0.15) is 17.7 Å². The van der Waals surface area contributed by atoms with Gasteiger partial charge in [0.25, 0.3) is 0 Å². The number of thioether (sulfide) groups is 1. The molecule has 92 valence electrons. The van der Waals surface area contributed by atoms with E-state index >= 15 is 0 Å². The largest absolute Gasteiger partial charge is 0.384 e. The SMILES string of the molecule is Cc1cc(C(=N)N)cc(N(C)C2CCSC2)n1. The van der Waals surface area contributed by atoms with Crippen LogP contribution >= 0.6 is 11.8 Å². The number of amidine groups is 1. The summed E-state index contributed by atoms with van der Waals surface area (Å²) in [6.45, 7) is 1.94. The summed E-state index contributed by atoms with van der Waals surface area (Å²) in [5.74, 6) is 3.40. The van der Waals surface area contributed by atoms with E-state index < -0.39 is 0 Å². The zero-order valence-corrected chi connectivity index (χ0v) is 11.0. The van der Waals surface area contributed by atoms with Crippen molar-refractivity contribution in [1.82, 2.24) is 4.98 Å². The van der Waals surface area contributed by atoms with Gasteiger partial charge in [-0.05, 0) is 31.2 Å². The van der Waals surface area contributed by atoms with Crippen LogP contribution in [-0.4, -0.2) is 35.4 Å². The number of rotatable bonds is 3. The summed E-state index contributed by atoms with van der Waals surface area (Å²) >= 11 is 1.98. The molecule has 1 aromatic heterocycles. The third-order valence-corrected chi connectivity index (χ3v) is 4.21. The van der Waals surface area contributed by atoms with Gasteiger partial charge in [-0.15, -0.1) is 0 Å². The molecule has 1 saturated heterocycles. The normalized spacial score (nSPS) is 19.3. The average Bonchev–Trinajstić information content (AvgIpc) is 2.80. The Morgan fingerprint density at radius 2 is 2.35 bits per heavy atom. The van der Waals surface area contributed by atoms with Gasteiger partial charge >= 0.3 is 0 Å². The Kier molecular flexibility index (Phi) is 3.57. The molecular weight excluding hydrogens is 232 g/mol. The molecule has 1 aromatic rings. The predicted molar refractivity (Wildman–Crippen MR) is 74.1 cm³/mol. The van der Waals surface area contributed by atoms with Gasteiger partial charge in [0, 0.05) is 30.1 Å². The first-order chi connectivity index (χ1) is 8.08. The van der Waals surface area contributed by atoms with Gasteiger partial charge in [0.05, 0.1) is 0 Å². The topological polar surface area (TPSA) is 66.0 Å². The highest BCUT2D eigenvalue weighted by Gasteiger charge is 2.21. The quantitative estimate of drug-likeness (QED) is 0.632. The lowest BCUT2D eigenvalue weighted by molar-refractivity contribution is 0.690. The molecule has 1 aliphatic heterocycles. The van der Waals surface area contributed by atoms with E-state index in [9.17, 15) is 0 Å². The molecule has 3 N–H and O–H groups in total. The molecule has 0 saturated carbocycles. The zero-order valence-electron chi connectivity index (χ0n) is 10.2. The van der Waals surface area contributed by atoms with E-state index in [0.29, 0.717) is 6.04 Å². The first kappa shape index (κ1) is 12.2. The van der Waals surface area contributed by atoms with E-state index in [1.807, 2.05) is 30.8 Å². The Morgan fingerprint density at radius 1 is 1.59 bits per heavy atom. The van der Waals surface area contributed by atoms with E-state index in [1.165, 1.54) is 12.2 Å². The maximum absolute atomic E-state index is 7.51. The molecule has 17 heavy (non-hydrogen) atoms. The second kappa shape index (κ2) is 4.96. The molecule has 1 aliphatic rings. The fourth-order valence-electron chi connectivity index (χ4n) is 2.00. The molecule has 0 aromatic carbocycles. The molecule has 0 aliphatic carbocycles. The van der Waals surface area contributed by atoms with Crippen molar-refractivity contribution in [3.63, 3.8) is 0 Å². The van der Waals surface area contributed by atoms with Gasteiger partial charge in [-0.1, -0.05) is 0 Å². The van der Waals surface area contributed by atoms with Gasteiger partial charge in [0.1, 0.15) is 11.7 Å². The van der Waals surface area contributed by atoms with Gasteiger partial charge in [0.2, 0.25) is 0 Å². The van der Waals surface area contributed by atoms with Crippen LogP contribution in [0.5, 0.6) is 0 Å². The molecule has 4 nitrogen and oxygen atoms in total. The second-order valence-corrected chi connectivity index (χ2v) is 5.55. The molecule has 0 radical (unpaired) electrons. The lowest BCUT2D eigenvalue weighted by atomic mass is 10.2. The number of nitrogens with two attached hydrogens (primary N) is 1. The molecule has 0 bridgehead atoms. The van der Waals surface area contributed by atoms with Gasteiger partial charge in [-0.3, -0.25) is 5.41 Å². The van der Waals surface area contributed by atoms with Gasteiger partial charge in [-0.25, -0.2) is 4.98 Å². The first-order valence-electron chi connectivity index (χ1n) is 5.71. The molecule has 1 fully saturated rings. The predicted octanol–water partition coefficient (Wildman–Crippen LogP) is 1.62. The Labute approximate surface area is 106 Å². The van der Waals surface area contributed by atoms with E-state index in [-0.39, 0.29) is 5.84 Å². The number of nitrogen functional groups attached to an aromatic ring is 1. The minimum Gasteiger partial charge on any atom is -0.384 e. The third-order valence-electron chi connectivity index (χ3n) is 3.07. The molecule has 0 spiro atoms. The third kappa shape index (κ3) is 2.72. The number of aromatic nitrogens is 1. The highest BCUT2D eigenvalue weighted by Crippen LogP contribution is 2.25. The van der Waals surface area contributed by atoms with Crippen LogP contribution in [0.15, 0.2) is 12.1 Å². The lowest BCUT2D eigenvalue weighted by Crippen LogP contribution is -2.32. The summed E-state index contributed by atoms with van der Waals surface area (Å²) in [5.41, 5.74) is 7.20. The highest BCUT2D eigenvalue weighted by atomic mass is 32.2. The number of aryl methyl sites for hydroxylation is 1. The summed E-state index contributed by atoms with van der Waals surface area (Å²) in [6, 6.07) is 4.30. The molecular formula is C12H18N4S. The maximum atomic E-state index is 7.51. The summed E-state index contributed by atoms with van der Waals surface area (Å²) in [6.07, 6.45) is 1.20. The summed E-state index contributed by atoms with van der Waals surface area (Å²) in [5, 5.41) is 7.51. The molecule has 0 amide bonds. The van der Waals surface area contributed by atoms with Crippen LogP contribution in [-0.2, 0) is 0 Å². The Bertz CT molecular complexity index is 427. The first-order valence-corrected chi connectivity index (χ1v) is 6.87. The lowest BCUT2D eigenvalue weighted by Gasteiger charge is -2.25. The number of nitrogens with zero attached hydrogens (tertiary/aromatic N) is 2. The fraction of sp³-hybridized carbons (Fsp3) is 0.500. The molecule has 5 heteroatoms. The van der Waals surface area contributed by atoms with Crippen LogP contribution in [0.4, 0.5) is 5.82 Å². The molecule has 2 heterocycles. The van der Waals surface area contributed by atoms with Gasteiger partial charge < -0.3 is 10.6 Å². The molecule has 1 atom stereocenters. The second-order valence-electron chi connectivity index (χ2n) is 4.40. The van der Waals surface area contributed by atoms with Crippen molar-refractivity contribution < 1.29 is 0 Å². The van der Waals surface area contributed by atoms with Crippen molar-refractivity contribution in [3.05, 3.63) is 23.4 Å². The zero-order chi connectivity index (χ0) is 12.4. The Hall–Kier alpha value is -1.23. The minimum atomic E-state index is 0.103. The smallest absolute Gasteiger partial charge is 0.129 e. The number of pyridine rings is 1. The highest BCUT2D eigenvalue weighted by molar-refractivity contribution is 7.99. The number of anilines is 1. The van der Waals surface area contributed by atoms with Crippen LogP contribution in [0.2, 0.25) is 0 Å². The van der Waals surface area contributed by atoms with E-state index in [4.69, 9.17) is 11.1 Å². The van der Waals surface area contributed by atoms with Crippen LogP contribution in [0.3, 0.4) is 0 Å². The minimum absolute atomic E-state index is 0.103. The monoisotopic (exact) mass is 250 g/mol. The van der Waals surface area contributed by atoms with Crippen molar-refractivity contribution >= 4 is 23.4 Å². The number of hydrogen-bond acceptors (Lipinski definition) is 4. The van der Waals surface area contributed by atoms with E-state index in [1.54, 1.807) is 0 Å². The molecule has 1 unspecified atom stereocenters. The standard InChI is InChI=1S/C12H18N4S/c1-8-5-9(12(13)14)6-11(15-8)16(2)10-3-4-17-7-10/h5-6,10H,3-4,7H2,1-2H3,(H3,13,14). The molecule has 2 rings (SSSR count). The van der Waals surface area contributed by atoms with E-state index in [2.05, 4.69) is 16.9 Å². The van der Waals surface area contributed by atoms with Crippen molar-refractivity contribution in [2.75, 3.05) is 23.5 Å². The fourth-order valence-corrected chi connectivity index (χ4v) is 3.27. The van der Waals surface area contributed by atoms with Crippen LogP contribution < -0.4 is 10.6 Å². The van der Waals surface area contributed by atoms with Gasteiger partial charge in [0.15, 0.2) is 0 Å². The maximum Gasteiger partial charge on any atom is 0.129 e. The number of hydrogen-bond donors (Lipinski definition) is 2. The van der Waals surface area contributed by atoms with Crippen molar-refractivity contribution in [1.29, 1.82) is 5.41 Å². The van der Waals surface area contributed by atoms with Crippen molar-refractivity contribution in [3.8, 4) is 0 Å². The average molecular weight is 250 g/mol. The summed E-state index contributed by atoms with van der Waals surface area (Å²) in [4.78, 5) is 6.73.